The summed E-state index contributed by atoms with van der Waals surface area (Å²) in [7, 11) is 0. The largest absolute Gasteiger partial charge is 0.508 e. The number of hydrogen-bond donors (Lipinski definition) is 5. The molecule has 1 aromatic heterocycles. The Balaban J connectivity index is 1.40. The summed E-state index contributed by atoms with van der Waals surface area (Å²) in [4.78, 5) is 36.7. The van der Waals surface area contributed by atoms with Gasteiger partial charge in [-0.3, -0.25) is 9.59 Å². The second-order valence-electron chi connectivity index (χ2n) is 10.2. The van der Waals surface area contributed by atoms with Crippen LogP contribution in [0.2, 0.25) is 0 Å². The lowest BCUT2D eigenvalue weighted by atomic mass is 9.91. The first-order valence-electron chi connectivity index (χ1n) is 13.0. The van der Waals surface area contributed by atoms with Gasteiger partial charge in [0.2, 0.25) is 11.8 Å². The van der Waals surface area contributed by atoms with Crippen molar-refractivity contribution in [3.63, 3.8) is 0 Å². The van der Waals surface area contributed by atoms with Crippen LogP contribution in [0.3, 0.4) is 0 Å². The maximum atomic E-state index is 13.8. The highest BCUT2D eigenvalue weighted by Crippen LogP contribution is 2.27. The highest BCUT2D eigenvalue weighted by Gasteiger charge is 2.37. The summed E-state index contributed by atoms with van der Waals surface area (Å²) in [6.45, 7) is 3.64. The number of aryl methyl sites for hydroxylation is 2. The monoisotopic (exact) mass is 527 g/mol. The first kappa shape index (κ1) is 26.4. The van der Waals surface area contributed by atoms with Gasteiger partial charge in [-0.25, -0.2) is 4.98 Å². The van der Waals surface area contributed by atoms with Gasteiger partial charge >= 0.3 is 0 Å². The Morgan fingerprint density at radius 1 is 1.10 bits per heavy atom. The Morgan fingerprint density at radius 2 is 1.77 bits per heavy atom. The molecule has 3 atom stereocenters. The van der Waals surface area contributed by atoms with Crippen LogP contribution in [0, 0.1) is 13.8 Å². The number of aliphatic hydroxyl groups excluding tert-OH is 1. The number of phenolic OH excluding ortho intramolecular Hbond substituents is 1. The topological polar surface area (TPSA) is 145 Å². The predicted molar refractivity (Wildman–Crippen MR) is 148 cm³/mol. The van der Waals surface area contributed by atoms with Crippen molar-refractivity contribution in [3.8, 4) is 5.75 Å². The molecule has 0 fully saturated rings. The van der Waals surface area contributed by atoms with Crippen molar-refractivity contribution in [3.05, 3.63) is 94.3 Å². The summed E-state index contributed by atoms with van der Waals surface area (Å²) in [6, 6.07) is 16.1. The second kappa shape index (κ2) is 10.9. The van der Waals surface area contributed by atoms with E-state index < -0.39 is 18.1 Å². The average Bonchev–Trinajstić information content (AvgIpc) is 3.36. The number of rotatable bonds is 7. The zero-order valence-corrected chi connectivity index (χ0v) is 22.0. The molecule has 0 bridgehead atoms. The van der Waals surface area contributed by atoms with Gasteiger partial charge in [0.1, 0.15) is 23.7 Å². The summed E-state index contributed by atoms with van der Waals surface area (Å²) >= 11 is 0. The Kier molecular flexibility index (Phi) is 7.36. The third-order valence-electron chi connectivity index (χ3n) is 7.49. The molecule has 1 aliphatic rings. The molecule has 9 heteroatoms. The Labute approximate surface area is 226 Å². The standard InChI is InChI=1S/C30H33N5O4/c1-17-11-21(37)12-18(2)22(17)14-23(31)30(39)35-15-20-8-4-3-7-19(20)13-27(35)29(38)34-26(16-36)28-32-24-9-5-6-10-25(24)33-28/h3-12,23,26-27,36-37H,13-16,31H2,1-2H3,(H,32,33)(H,34,38). The van der Waals surface area contributed by atoms with Crippen LogP contribution in [0.1, 0.15) is 39.7 Å². The second-order valence-corrected chi connectivity index (χ2v) is 10.2. The van der Waals surface area contributed by atoms with Crippen LogP contribution < -0.4 is 11.1 Å². The number of aliphatic hydroxyl groups is 1. The molecule has 4 aromatic rings. The zero-order valence-electron chi connectivity index (χ0n) is 22.0. The van der Waals surface area contributed by atoms with Gasteiger partial charge in [-0.15, -0.1) is 0 Å². The van der Waals surface area contributed by atoms with Gasteiger partial charge in [0.05, 0.1) is 23.7 Å². The van der Waals surface area contributed by atoms with Crippen LogP contribution in [0.15, 0.2) is 60.7 Å². The summed E-state index contributed by atoms with van der Waals surface area (Å²) < 4.78 is 0. The SMILES string of the molecule is Cc1cc(O)cc(C)c1CC(N)C(=O)N1Cc2ccccc2CC1C(=O)NC(CO)c1nc2ccccc2[nH]1. The van der Waals surface area contributed by atoms with E-state index in [1.165, 1.54) is 0 Å². The van der Waals surface area contributed by atoms with E-state index in [1.54, 1.807) is 17.0 Å². The van der Waals surface area contributed by atoms with Gasteiger partial charge in [-0.2, -0.15) is 0 Å². The molecule has 0 saturated carbocycles. The number of nitrogens with one attached hydrogen (secondary N) is 2. The number of carbonyl (C=O) groups is 2. The van der Waals surface area contributed by atoms with E-state index in [0.29, 0.717) is 12.2 Å². The molecule has 39 heavy (non-hydrogen) atoms. The number of aromatic hydroxyl groups is 1. The summed E-state index contributed by atoms with van der Waals surface area (Å²) in [5.41, 5.74) is 12.6. The predicted octanol–water partition coefficient (Wildman–Crippen LogP) is 2.56. The quantitative estimate of drug-likeness (QED) is 0.250. The number of phenols is 1. The van der Waals surface area contributed by atoms with E-state index in [-0.39, 0.29) is 37.1 Å². The van der Waals surface area contributed by atoms with E-state index in [4.69, 9.17) is 5.73 Å². The lowest BCUT2D eigenvalue weighted by Crippen LogP contribution is -2.57. The molecule has 2 heterocycles. The van der Waals surface area contributed by atoms with E-state index in [9.17, 15) is 19.8 Å². The number of nitrogens with zero attached hydrogens (tertiary/aromatic N) is 2. The highest BCUT2D eigenvalue weighted by atomic mass is 16.3. The highest BCUT2D eigenvalue weighted by molar-refractivity contribution is 5.91. The molecule has 0 radical (unpaired) electrons. The Morgan fingerprint density at radius 3 is 2.46 bits per heavy atom. The molecule has 3 aromatic carbocycles. The Hall–Kier alpha value is -4.21. The first-order valence-corrected chi connectivity index (χ1v) is 13.0. The fraction of sp³-hybridized carbons (Fsp3) is 0.300. The molecule has 6 N–H and O–H groups in total. The van der Waals surface area contributed by atoms with Crippen molar-refractivity contribution in [1.29, 1.82) is 0 Å². The summed E-state index contributed by atoms with van der Waals surface area (Å²) in [6.07, 6.45) is 0.609. The molecule has 2 amide bonds. The van der Waals surface area contributed by atoms with Crippen molar-refractivity contribution in [2.24, 2.45) is 5.73 Å². The summed E-state index contributed by atoms with van der Waals surface area (Å²) in [5, 5.41) is 22.9. The lowest BCUT2D eigenvalue weighted by Gasteiger charge is -2.38. The van der Waals surface area contributed by atoms with Crippen LogP contribution in [0.25, 0.3) is 11.0 Å². The number of nitrogens with two attached hydrogens (primary N) is 1. The van der Waals surface area contributed by atoms with E-state index >= 15 is 0 Å². The van der Waals surface area contributed by atoms with Crippen LogP contribution >= 0.6 is 0 Å². The number of aromatic amines is 1. The number of para-hydroxylation sites is 2. The maximum Gasteiger partial charge on any atom is 0.243 e. The zero-order chi connectivity index (χ0) is 27.7. The van der Waals surface area contributed by atoms with Crippen LogP contribution in [0.4, 0.5) is 0 Å². The fourth-order valence-corrected chi connectivity index (χ4v) is 5.41. The van der Waals surface area contributed by atoms with Crippen molar-refractivity contribution >= 4 is 22.8 Å². The van der Waals surface area contributed by atoms with Gasteiger partial charge in [-0.1, -0.05) is 36.4 Å². The smallest absolute Gasteiger partial charge is 0.243 e. The third-order valence-corrected chi connectivity index (χ3v) is 7.49. The fourth-order valence-electron chi connectivity index (χ4n) is 5.41. The molecule has 202 valence electrons. The molecule has 9 nitrogen and oxygen atoms in total. The Bertz CT molecular complexity index is 1470. The molecular weight excluding hydrogens is 494 g/mol. The van der Waals surface area contributed by atoms with Crippen molar-refractivity contribution < 1.29 is 19.8 Å². The van der Waals surface area contributed by atoms with Crippen molar-refractivity contribution in [2.75, 3.05) is 6.61 Å². The number of aromatic nitrogens is 2. The number of carbonyl (C=O) groups excluding carboxylic acids is 2. The van der Waals surface area contributed by atoms with E-state index in [0.717, 1.165) is 38.9 Å². The van der Waals surface area contributed by atoms with E-state index in [1.807, 2.05) is 62.4 Å². The average molecular weight is 528 g/mol. The molecule has 1 aliphatic heterocycles. The van der Waals surface area contributed by atoms with Gasteiger partial charge in [0, 0.05) is 13.0 Å². The molecular formula is C30H33N5O4. The van der Waals surface area contributed by atoms with Crippen LogP contribution in [-0.4, -0.2) is 55.6 Å². The van der Waals surface area contributed by atoms with Crippen LogP contribution in [0.5, 0.6) is 5.75 Å². The maximum absolute atomic E-state index is 13.8. The first-order chi connectivity index (χ1) is 18.7. The number of H-pyrrole nitrogens is 1. The number of imidazole rings is 1. The minimum absolute atomic E-state index is 0.168. The van der Waals surface area contributed by atoms with Gasteiger partial charge in [0.25, 0.3) is 0 Å². The number of benzene rings is 3. The van der Waals surface area contributed by atoms with Crippen molar-refractivity contribution in [2.45, 2.75) is 51.4 Å². The van der Waals surface area contributed by atoms with Gasteiger partial charge in [-0.05, 0) is 72.4 Å². The molecule has 5 rings (SSSR count). The van der Waals surface area contributed by atoms with Gasteiger partial charge in [0.15, 0.2) is 0 Å². The lowest BCUT2D eigenvalue weighted by molar-refractivity contribution is -0.143. The van der Waals surface area contributed by atoms with E-state index in [2.05, 4.69) is 15.3 Å². The molecule has 0 aliphatic carbocycles. The third kappa shape index (κ3) is 5.36. The molecule has 3 unspecified atom stereocenters. The van der Waals surface area contributed by atoms with Gasteiger partial charge < -0.3 is 31.1 Å². The number of fused-ring (bicyclic) bond motifs is 2. The van der Waals surface area contributed by atoms with Crippen molar-refractivity contribution in [1.82, 2.24) is 20.2 Å². The number of hydrogen-bond acceptors (Lipinski definition) is 6. The normalized spacial score (nSPS) is 16.5. The molecule has 0 saturated heterocycles. The van der Waals surface area contributed by atoms with Crippen LogP contribution in [-0.2, 0) is 29.0 Å². The summed E-state index contributed by atoms with van der Waals surface area (Å²) in [5.74, 6) is -0.112. The number of amides is 2. The minimum Gasteiger partial charge on any atom is -0.508 e. The molecule has 0 spiro atoms. The minimum atomic E-state index is -0.878.